The van der Waals surface area contributed by atoms with E-state index in [-0.39, 0.29) is 24.0 Å². The van der Waals surface area contributed by atoms with Gasteiger partial charge in [0, 0.05) is 18.0 Å². The number of H-pyrrole nitrogens is 1. The Kier molecular flexibility index (Phi) is 5.48. The lowest BCUT2D eigenvalue weighted by Gasteiger charge is -2.14. The van der Waals surface area contributed by atoms with Crippen LogP contribution in [0.3, 0.4) is 0 Å². The van der Waals surface area contributed by atoms with Crippen molar-refractivity contribution in [3.8, 4) is 5.69 Å². The van der Waals surface area contributed by atoms with Crippen LogP contribution in [0.25, 0.3) is 16.7 Å². The fourth-order valence-corrected chi connectivity index (χ4v) is 4.38. The molecule has 13 heteroatoms. The fraction of sp³-hybridized carbons (Fsp3) is 0.167. The Bertz CT molecular complexity index is 1700. The topological polar surface area (TPSA) is 174 Å². The summed E-state index contributed by atoms with van der Waals surface area (Å²) in [6, 6.07) is 12.1. The third-order valence-corrected chi connectivity index (χ3v) is 6.23. The Morgan fingerprint density at radius 2 is 1.95 bits per heavy atom. The van der Waals surface area contributed by atoms with Gasteiger partial charge >= 0.3 is 5.69 Å². The molecular weight excluding hydrogens is 478 g/mol. The number of amides is 2. The molecule has 0 bridgehead atoms. The first kappa shape index (κ1) is 22.3. The van der Waals surface area contributed by atoms with Crippen molar-refractivity contribution in [2.24, 2.45) is 0 Å². The van der Waals surface area contributed by atoms with Gasteiger partial charge in [-0.25, -0.2) is 19.9 Å². The molecule has 5 aromatic rings. The van der Waals surface area contributed by atoms with Crippen molar-refractivity contribution < 1.29 is 14.1 Å². The minimum absolute atomic E-state index is 0.0791. The number of nitrogens with one attached hydrogen (secondary N) is 3. The van der Waals surface area contributed by atoms with E-state index in [0.717, 1.165) is 28.5 Å². The highest BCUT2D eigenvalue weighted by Crippen LogP contribution is 2.32. The monoisotopic (exact) mass is 497 g/mol. The first-order valence-corrected chi connectivity index (χ1v) is 11.4. The number of benzene rings is 2. The van der Waals surface area contributed by atoms with E-state index in [4.69, 9.17) is 4.52 Å². The maximum Gasteiger partial charge on any atom is 0.365 e. The van der Waals surface area contributed by atoms with Crippen LogP contribution in [-0.2, 0) is 13.0 Å². The number of hydrogen-bond donors (Lipinski definition) is 3. The van der Waals surface area contributed by atoms with Crippen molar-refractivity contribution in [3.63, 3.8) is 0 Å². The van der Waals surface area contributed by atoms with Gasteiger partial charge in [-0.3, -0.25) is 9.59 Å². The van der Waals surface area contributed by atoms with Crippen LogP contribution in [0.5, 0.6) is 0 Å². The predicted molar refractivity (Wildman–Crippen MR) is 128 cm³/mol. The molecule has 0 unspecified atom stereocenters. The summed E-state index contributed by atoms with van der Waals surface area (Å²) >= 11 is 0. The lowest BCUT2D eigenvalue weighted by atomic mass is 10.1. The molecule has 0 radical (unpaired) electrons. The van der Waals surface area contributed by atoms with Gasteiger partial charge in [0.2, 0.25) is 0 Å². The highest BCUT2D eigenvalue weighted by molar-refractivity contribution is 5.97. The van der Waals surface area contributed by atoms with Crippen molar-refractivity contribution in [2.75, 3.05) is 0 Å². The van der Waals surface area contributed by atoms with Crippen molar-refractivity contribution in [1.82, 2.24) is 46.0 Å². The van der Waals surface area contributed by atoms with Crippen LogP contribution in [0, 0.1) is 0 Å². The van der Waals surface area contributed by atoms with E-state index in [1.54, 1.807) is 18.3 Å². The second-order valence-electron chi connectivity index (χ2n) is 8.54. The maximum atomic E-state index is 12.9. The fourth-order valence-electron chi connectivity index (χ4n) is 4.38. The van der Waals surface area contributed by atoms with Gasteiger partial charge in [-0.05, 0) is 64.2 Å². The Hall–Kier alpha value is -5.20. The molecule has 0 spiro atoms. The van der Waals surface area contributed by atoms with Crippen LogP contribution in [0.1, 0.15) is 50.1 Å². The lowest BCUT2D eigenvalue weighted by Crippen LogP contribution is -2.29. The highest BCUT2D eigenvalue weighted by Gasteiger charge is 2.26. The number of tetrazole rings is 1. The van der Waals surface area contributed by atoms with E-state index in [2.05, 4.69) is 41.3 Å². The number of hydrogen-bond acceptors (Lipinski definition) is 9. The third-order valence-electron chi connectivity index (χ3n) is 6.23. The number of rotatable bonds is 6. The second-order valence-corrected chi connectivity index (χ2v) is 8.54. The molecule has 0 fully saturated rings. The van der Waals surface area contributed by atoms with Gasteiger partial charge in [-0.15, -0.1) is 0 Å². The summed E-state index contributed by atoms with van der Waals surface area (Å²) in [6.45, 7) is 0.252. The molecule has 6 rings (SSSR count). The largest absolute Gasteiger partial charge is 0.365 e. The average Bonchev–Trinajstić information content (AvgIpc) is 3.66. The molecule has 3 heterocycles. The SMILES string of the molecule is O=C(NCc1ccc2cnoc2c1)c1cc(C(=O)N[C@H]2CCc3cc(-n4nn[nH]c4=O)ccc32)ncn1. The number of carbonyl (C=O) groups excluding carboxylic acids is 2. The molecule has 1 aliphatic rings. The van der Waals surface area contributed by atoms with Crippen LogP contribution in [0.2, 0.25) is 0 Å². The van der Waals surface area contributed by atoms with Crippen LogP contribution in [0.15, 0.2) is 64.3 Å². The van der Waals surface area contributed by atoms with Gasteiger partial charge in [-0.1, -0.05) is 17.3 Å². The first-order chi connectivity index (χ1) is 18.0. The Morgan fingerprint density at radius 1 is 1.08 bits per heavy atom. The first-order valence-electron chi connectivity index (χ1n) is 11.4. The van der Waals surface area contributed by atoms with Crippen molar-refractivity contribution in [1.29, 1.82) is 0 Å². The van der Waals surface area contributed by atoms with Gasteiger partial charge in [0.05, 0.1) is 17.9 Å². The second kappa shape index (κ2) is 9.11. The minimum atomic E-state index is -0.434. The lowest BCUT2D eigenvalue weighted by molar-refractivity contribution is 0.0931. The molecule has 1 atom stereocenters. The van der Waals surface area contributed by atoms with Crippen molar-refractivity contribution >= 4 is 22.8 Å². The molecule has 2 amide bonds. The van der Waals surface area contributed by atoms with Crippen LogP contribution >= 0.6 is 0 Å². The summed E-state index contributed by atoms with van der Waals surface area (Å²) in [5.74, 6) is -0.849. The quantitative estimate of drug-likeness (QED) is 0.312. The number of aryl methyl sites for hydroxylation is 1. The minimum Gasteiger partial charge on any atom is -0.356 e. The molecule has 37 heavy (non-hydrogen) atoms. The summed E-state index contributed by atoms with van der Waals surface area (Å²) in [5.41, 5.74) is 3.75. The number of aromatic amines is 1. The summed E-state index contributed by atoms with van der Waals surface area (Å²) < 4.78 is 6.32. The number of fused-ring (bicyclic) bond motifs is 2. The van der Waals surface area contributed by atoms with Crippen molar-refractivity contribution in [3.05, 3.63) is 93.6 Å². The Balaban J connectivity index is 1.12. The van der Waals surface area contributed by atoms with E-state index in [9.17, 15) is 14.4 Å². The summed E-state index contributed by atoms with van der Waals surface area (Å²) in [6.07, 6.45) is 4.22. The number of aromatic nitrogens is 7. The molecular formula is C24H19N9O4. The van der Waals surface area contributed by atoms with Crippen molar-refractivity contribution in [2.45, 2.75) is 25.4 Å². The van der Waals surface area contributed by atoms with Gasteiger partial charge in [0.15, 0.2) is 5.58 Å². The van der Waals surface area contributed by atoms with Gasteiger partial charge in [0.25, 0.3) is 11.8 Å². The number of nitrogens with zero attached hydrogens (tertiary/aromatic N) is 6. The molecule has 0 saturated heterocycles. The molecule has 1 aliphatic carbocycles. The normalized spacial score (nSPS) is 14.4. The van der Waals surface area contributed by atoms with Gasteiger partial charge in [0.1, 0.15) is 17.7 Å². The third kappa shape index (κ3) is 4.33. The van der Waals surface area contributed by atoms with Crippen LogP contribution < -0.4 is 16.3 Å². The van der Waals surface area contributed by atoms with E-state index in [1.807, 2.05) is 24.3 Å². The van der Waals surface area contributed by atoms with Gasteiger partial charge in [-0.2, -0.15) is 4.68 Å². The van der Waals surface area contributed by atoms with Gasteiger partial charge < -0.3 is 15.2 Å². The summed E-state index contributed by atoms with van der Waals surface area (Å²) in [4.78, 5) is 45.5. The molecule has 2 aromatic carbocycles. The zero-order valence-corrected chi connectivity index (χ0v) is 19.2. The Labute approximate surface area is 207 Å². The molecule has 3 aromatic heterocycles. The number of carbonyl (C=O) groups is 2. The predicted octanol–water partition coefficient (Wildman–Crippen LogP) is 1.23. The molecule has 0 aliphatic heterocycles. The van der Waals surface area contributed by atoms with Crippen LogP contribution in [0.4, 0.5) is 0 Å². The molecule has 3 N–H and O–H groups in total. The standard InChI is InChI=1S/C24H19N9O4/c34-22(25-10-13-1-2-15-11-28-37-21(15)7-13)19-9-20(27-12-26-19)23(35)29-18-6-3-14-8-16(4-5-17(14)18)33-24(36)30-31-32-33/h1-2,4-5,7-9,11-12,18H,3,6,10H2,(H,25,34)(H,29,35)(H,30,32,36)/t18-/m0/s1. The molecule has 0 saturated carbocycles. The van der Waals surface area contributed by atoms with E-state index in [0.29, 0.717) is 17.7 Å². The molecule has 13 nitrogen and oxygen atoms in total. The summed E-state index contributed by atoms with van der Waals surface area (Å²) in [7, 11) is 0. The Morgan fingerprint density at radius 3 is 2.78 bits per heavy atom. The highest BCUT2D eigenvalue weighted by atomic mass is 16.5. The smallest absolute Gasteiger partial charge is 0.356 e. The van der Waals surface area contributed by atoms with Crippen LogP contribution in [-0.4, -0.2) is 47.1 Å². The average molecular weight is 497 g/mol. The van der Waals surface area contributed by atoms with E-state index in [1.165, 1.54) is 17.1 Å². The van der Waals surface area contributed by atoms with E-state index < -0.39 is 17.5 Å². The van der Waals surface area contributed by atoms with E-state index >= 15 is 0 Å². The zero-order valence-electron chi connectivity index (χ0n) is 19.2. The summed E-state index contributed by atoms with van der Waals surface area (Å²) in [5, 5.41) is 19.9. The zero-order chi connectivity index (χ0) is 25.4. The maximum absolute atomic E-state index is 12.9. The molecule has 184 valence electrons.